The van der Waals surface area contributed by atoms with Crippen molar-refractivity contribution in [3.63, 3.8) is 0 Å². The Morgan fingerprint density at radius 3 is 2.33 bits per heavy atom. The molecule has 0 aliphatic rings. The third-order valence-electron chi connectivity index (χ3n) is 3.80. The first-order valence-corrected chi connectivity index (χ1v) is 8.27. The lowest BCUT2D eigenvalue weighted by Crippen LogP contribution is -2.18. The second kappa shape index (κ2) is 8.62. The average Bonchev–Trinajstić information content (AvgIpc) is 2.61. The molecular weight excluding hydrogens is 354 g/mol. The molecule has 0 atom stereocenters. The van der Waals surface area contributed by atoms with E-state index in [0.717, 1.165) is 5.56 Å². The number of carbonyl (C=O) groups excluding carboxylic acids is 1. The van der Waals surface area contributed by atoms with Crippen LogP contribution in [0.4, 0.5) is 8.78 Å². The van der Waals surface area contributed by atoms with E-state index < -0.39 is 6.61 Å². The van der Waals surface area contributed by atoms with Crippen LogP contribution in [0.1, 0.15) is 42.3 Å². The van der Waals surface area contributed by atoms with E-state index >= 15 is 0 Å². The molecular formula is C20H22F2N2O3. The summed E-state index contributed by atoms with van der Waals surface area (Å²) in [7, 11) is 1.35. The second-order valence-electron chi connectivity index (χ2n) is 6.82. The van der Waals surface area contributed by atoms with Crippen LogP contribution in [0.2, 0.25) is 0 Å². The Labute approximate surface area is 157 Å². The van der Waals surface area contributed by atoms with Gasteiger partial charge in [0.05, 0.1) is 13.3 Å². The van der Waals surface area contributed by atoms with Gasteiger partial charge in [-0.3, -0.25) is 4.79 Å². The highest BCUT2D eigenvalue weighted by Crippen LogP contribution is 2.29. The molecule has 0 saturated heterocycles. The number of nitrogens with one attached hydrogen (secondary N) is 1. The van der Waals surface area contributed by atoms with Crippen molar-refractivity contribution in [2.45, 2.75) is 32.8 Å². The number of methoxy groups -OCH3 is 1. The Morgan fingerprint density at radius 1 is 1.11 bits per heavy atom. The van der Waals surface area contributed by atoms with Gasteiger partial charge in [-0.25, -0.2) is 5.43 Å². The fourth-order valence-corrected chi connectivity index (χ4v) is 2.31. The second-order valence-corrected chi connectivity index (χ2v) is 6.82. The lowest BCUT2D eigenvalue weighted by molar-refractivity contribution is -0.0512. The maximum absolute atomic E-state index is 12.4. The number of halogens is 2. The summed E-state index contributed by atoms with van der Waals surface area (Å²) in [5, 5.41) is 3.86. The largest absolute Gasteiger partial charge is 0.493 e. The molecule has 0 fully saturated rings. The molecule has 0 saturated carbocycles. The van der Waals surface area contributed by atoms with Crippen LogP contribution in [-0.4, -0.2) is 25.8 Å². The molecule has 0 bridgehead atoms. The summed E-state index contributed by atoms with van der Waals surface area (Å²) >= 11 is 0. The highest BCUT2D eigenvalue weighted by molar-refractivity contribution is 5.95. The quantitative estimate of drug-likeness (QED) is 0.602. The van der Waals surface area contributed by atoms with Crippen LogP contribution in [-0.2, 0) is 5.41 Å². The van der Waals surface area contributed by atoms with Crippen molar-refractivity contribution in [2.75, 3.05) is 7.11 Å². The number of benzene rings is 2. The van der Waals surface area contributed by atoms with E-state index in [1.165, 1.54) is 25.5 Å². The van der Waals surface area contributed by atoms with Gasteiger partial charge in [0.25, 0.3) is 5.91 Å². The SMILES string of the molecule is COc1ccc(/C=N\NC(=O)c2ccc(C(C)(C)C)cc2)cc1OC(F)F. The standard InChI is InChI=1S/C20H22F2N2O3/c1-20(2,3)15-8-6-14(7-9-15)18(25)24-23-12-13-5-10-16(26-4)17(11-13)27-19(21)22/h5-12,19H,1-4H3,(H,24,25)/b23-12-. The maximum atomic E-state index is 12.4. The van der Waals surface area contributed by atoms with Crippen LogP contribution in [0.5, 0.6) is 11.5 Å². The first-order chi connectivity index (χ1) is 12.7. The van der Waals surface area contributed by atoms with Crippen molar-refractivity contribution in [2.24, 2.45) is 5.10 Å². The first-order valence-electron chi connectivity index (χ1n) is 8.27. The molecule has 7 heteroatoms. The molecule has 5 nitrogen and oxygen atoms in total. The van der Waals surface area contributed by atoms with Crippen LogP contribution >= 0.6 is 0 Å². The van der Waals surface area contributed by atoms with E-state index in [1.54, 1.807) is 18.2 Å². The van der Waals surface area contributed by atoms with Crippen molar-refractivity contribution in [3.05, 3.63) is 59.2 Å². The van der Waals surface area contributed by atoms with Crippen LogP contribution in [0, 0.1) is 0 Å². The number of hydrogen-bond acceptors (Lipinski definition) is 4. The van der Waals surface area contributed by atoms with E-state index in [1.807, 2.05) is 12.1 Å². The van der Waals surface area contributed by atoms with Crippen LogP contribution < -0.4 is 14.9 Å². The fraction of sp³-hybridized carbons (Fsp3) is 0.300. The van der Waals surface area contributed by atoms with Gasteiger partial charge < -0.3 is 9.47 Å². The van der Waals surface area contributed by atoms with E-state index in [2.05, 4.69) is 36.0 Å². The predicted molar refractivity (Wildman–Crippen MR) is 99.8 cm³/mol. The smallest absolute Gasteiger partial charge is 0.387 e. The van der Waals surface area contributed by atoms with E-state index in [0.29, 0.717) is 11.1 Å². The number of rotatable bonds is 6. The molecule has 1 N–H and O–H groups in total. The van der Waals surface area contributed by atoms with Crippen molar-refractivity contribution < 1.29 is 23.0 Å². The van der Waals surface area contributed by atoms with Crippen molar-refractivity contribution in [1.82, 2.24) is 5.43 Å². The molecule has 0 aliphatic carbocycles. The predicted octanol–water partition coefficient (Wildman–Crippen LogP) is 4.36. The van der Waals surface area contributed by atoms with Gasteiger partial charge in [0.2, 0.25) is 0 Å². The fourth-order valence-electron chi connectivity index (χ4n) is 2.31. The van der Waals surface area contributed by atoms with Gasteiger partial charge in [-0.1, -0.05) is 32.9 Å². The van der Waals surface area contributed by atoms with Crippen LogP contribution in [0.15, 0.2) is 47.6 Å². The van der Waals surface area contributed by atoms with E-state index in [-0.39, 0.29) is 22.8 Å². The third-order valence-corrected chi connectivity index (χ3v) is 3.80. The number of nitrogens with zero attached hydrogens (tertiary/aromatic N) is 1. The third kappa shape index (κ3) is 5.77. The topological polar surface area (TPSA) is 59.9 Å². The summed E-state index contributed by atoms with van der Waals surface area (Å²) in [5.41, 5.74) is 4.46. The zero-order valence-electron chi connectivity index (χ0n) is 15.6. The summed E-state index contributed by atoms with van der Waals surface area (Å²) in [5.74, 6) is -0.305. The molecule has 0 spiro atoms. The molecule has 144 valence electrons. The number of amides is 1. The number of hydrogen-bond donors (Lipinski definition) is 1. The summed E-state index contributed by atoms with van der Waals surface area (Å²) in [6.07, 6.45) is 1.33. The molecule has 0 unspecified atom stereocenters. The molecule has 0 heterocycles. The van der Waals surface area contributed by atoms with Crippen molar-refractivity contribution in [1.29, 1.82) is 0 Å². The van der Waals surface area contributed by atoms with Gasteiger partial charge in [-0.15, -0.1) is 0 Å². The summed E-state index contributed by atoms with van der Waals surface area (Å²) in [4.78, 5) is 12.1. The van der Waals surface area contributed by atoms with Gasteiger partial charge in [0.1, 0.15) is 0 Å². The highest BCUT2D eigenvalue weighted by atomic mass is 19.3. The molecule has 2 aromatic rings. The maximum Gasteiger partial charge on any atom is 0.387 e. The minimum atomic E-state index is -2.97. The minimum absolute atomic E-state index is 0.000467. The Morgan fingerprint density at radius 2 is 1.78 bits per heavy atom. The monoisotopic (exact) mass is 376 g/mol. The molecule has 1 amide bonds. The average molecular weight is 376 g/mol. The Kier molecular flexibility index (Phi) is 6.50. The van der Waals surface area contributed by atoms with Crippen molar-refractivity contribution in [3.8, 4) is 11.5 Å². The number of hydrazone groups is 1. The molecule has 2 rings (SSSR count). The molecule has 0 aliphatic heterocycles. The number of alkyl halides is 2. The number of ether oxygens (including phenoxy) is 2. The zero-order valence-corrected chi connectivity index (χ0v) is 15.6. The minimum Gasteiger partial charge on any atom is -0.493 e. The normalized spacial score (nSPS) is 11.7. The van der Waals surface area contributed by atoms with E-state index in [9.17, 15) is 13.6 Å². The van der Waals surface area contributed by atoms with E-state index in [4.69, 9.17) is 4.74 Å². The van der Waals surface area contributed by atoms with Gasteiger partial charge >= 0.3 is 6.61 Å². The van der Waals surface area contributed by atoms with Crippen molar-refractivity contribution >= 4 is 12.1 Å². The molecule has 27 heavy (non-hydrogen) atoms. The lowest BCUT2D eigenvalue weighted by Gasteiger charge is -2.18. The number of carbonyl (C=O) groups is 1. The summed E-state index contributed by atoms with van der Waals surface area (Å²) in [6.45, 7) is 3.30. The highest BCUT2D eigenvalue weighted by Gasteiger charge is 2.14. The first kappa shape index (κ1) is 20.4. The van der Waals surface area contributed by atoms with Gasteiger partial charge in [-0.2, -0.15) is 13.9 Å². The van der Waals surface area contributed by atoms with Crippen LogP contribution in [0.3, 0.4) is 0 Å². The van der Waals surface area contributed by atoms with Gasteiger partial charge in [-0.05, 0) is 46.9 Å². The molecule has 2 aromatic carbocycles. The zero-order chi connectivity index (χ0) is 20.0. The van der Waals surface area contributed by atoms with Gasteiger partial charge in [0, 0.05) is 5.56 Å². The molecule has 0 radical (unpaired) electrons. The summed E-state index contributed by atoms with van der Waals surface area (Å²) < 4.78 is 34.3. The Balaban J connectivity index is 2.05. The van der Waals surface area contributed by atoms with Gasteiger partial charge in [0.15, 0.2) is 11.5 Å². The molecule has 0 aromatic heterocycles. The lowest BCUT2D eigenvalue weighted by atomic mass is 9.87. The Bertz CT molecular complexity index is 813. The van der Waals surface area contributed by atoms with Crippen LogP contribution in [0.25, 0.3) is 0 Å². The summed E-state index contributed by atoms with van der Waals surface area (Å²) in [6, 6.07) is 11.7. The Hall–Kier alpha value is -2.96.